The minimum atomic E-state index is -3.57. The average molecular weight is 290 g/mol. The van der Waals surface area contributed by atoms with E-state index in [1.54, 1.807) is 43.3 Å². The topological polar surface area (TPSA) is 72.2 Å². The molecule has 106 valence electrons. The number of benzene rings is 2. The highest BCUT2D eigenvalue weighted by Crippen LogP contribution is 2.20. The summed E-state index contributed by atoms with van der Waals surface area (Å²) in [6.07, 6.45) is 0. The van der Waals surface area contributed by atoms with E-state index in [0.717, 1.165) is 16.7 Å². The zero-order valence-corrected chi connectivity index (χ0v) is 12.4. The average Bonchev–Trinajstić information content (AvgIpc) is 2.42. The number of hydrogen-bond donors (Lipinski definition) is 2. The number of rotatable bonds is 4. The van der Waals surface area contributed by atoms with Crippen LogP contribution in [0.2, 0.25) is 0 Å². The van der Waals surface area contributed by atoms with E-state index in [1.807, 2.05) is 13.0 Å². The van der Waals surface area contributed by atoms with E-state index in [1.165, 1.54) is 0 Å². The molecule has 2 aromatic rings. The van der Waals surface area contributed by atoms with Gasteiger partial charge in [0, 0.05) is 12.2 Å². The second-order valence-corrected chi connectivity index (χ2v) is 6.43. The predicted octanol–water partition coefficient (Wildman–Crippen LogP) is 2.56. The van der Waals surface area contributed by atoms with Gasteiger partial charge in [0.2, 0.25) is 0 Å². The van der Waals surface area contributed by atoms with Crippen LogP contribution in [0.1, 0.15) is 16.7 Å². The standard InChI is InChI=1S/C15H18N2O2S/c1-11-3-4-12(2)15(9-11)20(18,19)17-14-7-5-13(10-16)6-8-14/h3-9,17H,10,16H2,1-2H3. The van der Waals surface area contributed by atoms with E-state index in [2.05, 4.69) is 4.72 Å². The molecule has 0 heterocycles. The molecule has 0 bridgehead atoms. The quantitative estimate of drug-likeness (QED) is 0.909. The van der Waals surface area contributed by atoms with Crippen molar-refractivity contribution in [3.8, 4) is 0 Å². The Bertz CT molecular complexity index is 707. The Labute approximate surface area is 119 Å². The third kappa shape index (κ3) is 3.18. The van der Waals surface area contributed by atoms with E-state index in [0.29, 0.717) is 17.1 Å². The first-order valence-electron chi connectivity index (χ1n) is 6.31. The van der Waals surface area contributed by atoms with Gasteiger partial charge in [-0.05, 0) is 48.7 Å². The zero-order valence-electron chi connectivity index (χ0n) is 11.6. The Kier molecular flexibility index (Phi) is 4.11. The third-order valence-corrected chi connectivity index (χ3v) is 4.60. The number of hydrogen-bond acceptors (Lipinski definition) is 3. The van der Waals surface area contributed by atoms with Crippen LogP contribution in [0, 0.1) is 13.8 Å². The van der Waals surface area contributed by atoms with Crippen molar-refractivity contribution < 1.29 is 8.42 Å². The molecule has 2 aromatic carbocycles. The van der Waals surface area contributed by atoms with Crippen molar-refractivity contribution in [2.45, 2.75) is 25.3 Å². The van der Waals surface area contributed by atoms with Crippen LogP contribution >= 0.6 is 0 Å². The molecule has 0 saturated heterocycles. The van der Waals surface area contributed by atoms with Gasteiger partial charge in [0.25, 0.3) is 10.0 Å². The molecule has 0 aliphatic rings. The van der Waals surface area contributed by atoms with Gasteiger partial charge in [-0.1, -0.05) is 24.3 Å². The molecule has 0 atom stereocenters. The van der Waals surface area contributed by atoms with Crippen molar-refractivity contribution in [1.29, 1.82) is 0 Å². The normalized spacial score (nSPS) is 11.3. The third-order valence-electron chi connectivity index (χ3n) is 3.08. The Balaban J connectivity index is 2.32. The van der Waals surface area contributed by atoms with E-state index in [9.17, 15) is 8.42 Å². The van der Waals surface area contributed by atoms with Crippen molar-refractivity contribution in [3.05, 3.63) is 59.2 Å². The minimum absolute atomic E-state index is 0.306. The molecule has 0 unspecified atom stereocenters. The molecule has 2 rings (SSSR count). The first kappa shape index (κ1) is 14.6. The van der Waals surface area contributed by atoms with Gasteiger partial charge >= 0.3 is 0 Å². The highest BCUT2D eigenvalue weighted by atomic mass is 32.2. The summed E-state index contributed by atoms with van der Waals surface area (Å²) in [6.45, 7) is 4.09. The SMILES string of the molecule is Cc1ccc(C)c(S(=O)(=O)Nc2ccc(CN)cc2)c1. The van der Waals surface area contributed by atoms with Gasteiger partial charge in [-0.15, -0.1) is 0 Å². The molecule has 20 heavy (non-hydrogen) atoms. The summed E-state index contributed by atoms with van der Waals surface area (Å²) in [5.41, 5.74) is 8.64. The number of nitrogens with two attached hydrogens (primary N) is 1. The van der Waals surface area contributed by atoms with Crippen molar-refractivity contribution >= 4 is 15.7 Å². The second kappa shape index (κ2) is 5.64. The summed E-state index contributed by atoms with van der Waals surface area (Å²) in [5.74, 6) is 0. The molecule has 0 saturated carbocycles. The van der Waals surface area contributed by atoms with Gasteiger partial charge in [-0.2, -0.15) is 0 Å². The largest absolute Gasteiger partial charge is 0.326 e. The fraction of sp³-hybridized carbons (Fsp3) is 0.200. The van der Waals surface area contributed by atoms with Crippen molar-refractivity contribution in [3.63, 3.8) is 0 Å². The lowest BCUT2D eigenvalue weighted by atomic mass is 10.2. The van der Waals surface area contributed by atoms with Crippen LogP contribution < -0.4 is 10.5 Å². The van der Waals surface area contributed by atoms with E-state index in [4.69, 9.17) is 5.73 Å². The maximum Gasteiger partial charge on any atom is 0.262 e. The predicted molar refractivity (Wildman–Crippen MR) is 81.1 cm³/mol. The molecular formula is C15H18N2O2S. The molecule has 0 radical (unpaired) electrons. The first-order valence-corrected chi connectivity index (χ1v) is 7.80. The molecule has 0 spiro atoms. The molecule has 0 aliphatic carbocycles. The molecule has 5 heteroatoms. The van der Waals surface area contributed by atoms with Crippen molar-refractivity contribution in [2.75, 3.05) is 4.72 Å². The lowest BCUT2D eigenvalue weighted by Gasteiger charge is -2.11. The molecular weight excluding hydrogens is 272 g/mol. The summed E-state index contributed by atoms with van der Waals surface area (Å²) in [5, 5.41) is 0. The fourth-order valence-corrected chi connectivity index (χ4v) is 3.31. The zero-order chi connectivity index (χ0) is 14.8. The highest BCUT2D eigenvalue weighted by molar-refractivity contribution is 7.92. The Morgan fingerprint density at radius 3 is 2.30 bits per heavy atom. The smallest absolute Gasteiger partial charge is 0.262 e. The number of aryl methyl sites for hydroxylation is 2. The second-order valence-electron chi connectivity index (χ2n) is 4.78. The van der Waals surface area contributed by atoms with Crippen molar-refractivity contribution in [2.24, 2.45) is 5.73 Å². The molecule has 0 fully saturated rings. The highest BCUT2D eigenvalue weighted by Gasteiger charge is 2.16. The number of anilines is 1. The van der Waals surface area contributed by atoms with Crippen LogP contribution in [0.3, 0.4) is 0 Å². The monoisotopic (exact) mass is 290 g/mol. The molecule has 4 nitrogen and oxygen atoms in total. The number of nitrogens with one attached hydrogen (secondary N) is 1. The van der Waals surface area contributed by atoms with Crippen LogP contribution in [0.5, 0.6) is 0 Å². The van der Waals surface area contributed by atoms with Gasteiger partial charge in [0.1, 0.15) is 0 Å². The van der Waals surface area contributed by atoms with Gasteiger partial charge in [-0.3, -0.25) is 4.72 Å². The van der Waals surface area contributed by atoms with Crippen LogP contribution in [-0.4, -0.2) is 8.42 Å². The van der Waals surface area contributed by atoms with E-state index >= 15 is 0 Å². The Hall–Kier alpha value is -1.85. The van der Waals surface area contributed by atoms with Crippen LogP contribution in [0.25, 0.3) is 0 Å². The van der Waals surface area contributed by atoms with Crippen molar-refractivity contribution in [1.82, 2.24) is 0 Å². The van der Waals surface area contributed by atoms with E-state index < -0.39 is 10.0 Å². The van der Waals surface area contributed by atoms with Gasteiger partial charge in [0.05, 0.1) is 4.90 Å². The van der Waals surface area contributed by atoms with Crippen LogP contribution in [0.15, 0.2) is 47.4 Å². The number of sulfonamides is 1. The summed E-state index contributed by atoms with van der Waals surface area (Å²) in [7, 11) is -3.57. The summed E-state index contributed by atoms with van der Waals surface area (Å²) >= 11 is 0. The maximum absolute atomic E-state index is 12.4. The van der Waals surface area contributed by atoms with Gasteiger partial charge < -0.3 is 5.73 Å². The molecule has 0 aliphatic heterocycles. The lowest BCUT2D eigenvalue weighted by molar-refractivity contribution is 0.600. The fourth-order valence-electron chi connectivity index (χ4n) is 1.92. The molecule has 3 N–H and O–H groups in total. The van der Waals surface area contributed by atoms with Gasteiger partial charge in [-0.25, -0.2) is 8.42 Å². The van der Waals surface area contributed by atoms with Gasteiger partial charge in [0.15, 0.2) is 0 Å². The Morgan fingerprint density at radius 2 is 1.70 bits per heavy atom. The van der Waals surface area contributed by atoms with Crippen LogP contribution in [0.4, 0.5) is 5.69 Å². The Morgan fingerprint density at radius 1 is 1.05 bits per heavy atom. The summed E-state index contributed by atoms with van der Waals surface area (Å²) in [6, 6.07) is 12.4. The molecule has 0 aromatic heterocycles. The first-order chi connectivity index (χ1) is 9.42. The lowest BCUT2D eigenvalue weighted by Crippen LogP contribution is -2.14. The minimum Gasteiger partial charge on any atom is -0.326 e. The molecule has 0 amide bonds. The van der Waals surface area contributed by atoms with E-state index in [-0.39, 0.29) is 0 Å². The maximum atomic E-state index is 12.4. The summed E-state index contributed by atoms with van der Waals surface area (Å²) < 4.78 is 27.4. The van der Waals surface area contributed by atoms with Crippen LogP contribution in [-0.2, 0) is 16.6 Å². The summed E-state index contributed by atoms with van der Waals surface area (Å²) in [4.78, 5) is 0.306.